The molecule has 0 spiro atoms. The van der Waals surface area contributed by atoms with Crippen molar-refractivity contribution in [3.05, 3.63) is 76.7 Å². The number of alkyl halides is 4. The summed E-state index contributed by atoms with van der Waals surface area (Å²) in [4.78, 5) is 82.8. The maximum atomic E-state index is 12.4. The molecule has 3 fully saturated rings. The number of benzene rings is 2. The number of nitrogens with zero attached hydrogens (tertiary/aromatic N) is 12. The van der Waals surface area contributed by atoms with Crippen LogP contribution in [0.1, 0.15) is 116 Å². The van der Waals surface area contributed by atoms with Crippen molar-refractivity contribution in [2.24, 2.45) is 33.3 Å². The van der Waals surface area contributed by atoms with Crippen LogP contribution in [0.5, 0.6) is 5.75 Å². The number of unbranched alkanes of at least 4 members (excludes halogenated alkanes) is 1. The van der Waals surface area contributed by atoms with Crippen LogP contribution in [0.15, 0.2) is 59.1 Å². The second kappa shape index (κ2) is 48.4. The molecule has 604 valence electrons. The number of imidazole rings is 1. The normalized spacial score (nSPS) is 19.4. The van der Waals surface area contributed by atoms with E-state index in [0.29, 0.717) is 116 Å². The monoisotopic (exact) mass is 1660 g/mol. The first kappa shape index (κ1) is 96.8. The van der Waals surface area contributed by atoms with Gasteiger partial charge in [0.15, 0.2) is 11.5 Å². The Morgan fingerprint density at radius 1 is 0.840 bits per heavy atom. The lowest BCUT2D eigenvalue weighted by Gasteiger charge is -2.50. The standard InChI is InChI=1S/C23H31Cl2NO3.C12H19N3O.C9H18N6.C7H15Cl2N2O2P.C6H10N6O.C6H14O6S2.H3O4P/c1-23-9-8-18-17-5-3-16(29-22(28)26(12-10-24)13-11-25)14-15(17)2-4-19(18)20(23)6-7-21(23)27;1-9(2)15-12(16)11-6-4-10(5-7-11)8-14-13-3;1-13(2)7-10-8(14(3)4)12-9(11-7)15(5)6;8-2-4-10-14(12)11(6-3-9)5-1-7-13-14;1-12(2)11-10-6-4(5(7)13)8-3-9-6;1-13(7,8)11-5-3-4-6-12-14(2,9)10;1-5(2,3)4/h3,5,14,18-21,27H,2,4,6-13H2,1H3;4-7,9,13-14H,8H2,1-3H3,(H,15,16);1-6H3;1-7H2,(H,10,12);3H,1-2H3,(H2,7,13)(H,8,9);3-6H2,1-2H3;(H3,1,2,3,4)/b;;;;11-10+;;/t18-,19-,20+,21+,23+;;;;;;/m1....../s1. The van der Waals surface area contributed by atoms with Crippen LogP contribution in [0, 0.1) is 17.3 Å². The molecule has 4 aromatic rings. The number of ether oxygens (including phenoxy) is 1. The summed E-state index contributed by atoms with van der Waals surface area (Å²) in [6, 6.07) is 13.9. The number of nitrogens with one attached hydrogen (secondary N) is 5. The molecular formula is C63H110Cl4N18O17P2S2. The summed E-state index contributed by atoms with van der Waals surface area (Å²) >= 11 is 22.7. The molecule has 2 aromatic carbocycles. The van der Waals surface area contributed by atoms with E-state index in [9.17, 15) is 40.9 Å². The van der Waals surface area contributed by atoms with Crippen molar-refractivity contribution in [1.82, 2.24) is 60.8 Å². The van der Waals surface area contributed by atoms with E-state index in [1.54, 1.807) is 23.7 Å². The smallest absolute Gasteiger partial charge is 0.410 e. The largest absolute Gasteiger partial charge is 0.466 e. The molecule has 43 heteroatoms. The van der Waals surface area contributed by atoms with Gasteiger partial charge in [-0.15, -0.1) is 51.5 Å². The van der Waals surface area contributed by atoms with Gasteiger partial charge in [-0.1, -0.05) is 30.3 Å². The Kier molecular flexibility index (Phi) is 44.2. The minimum absolute atomic E-state index is 0.0249. The molecule has 1 aliphatic heterocycles. The molecule has 11 N–H and O–H groups in total. The molecule has 106 heavy (non-hydrogen) atoms. The molecule has 2 saturated carbocycles. The van der Waals surface area contributed by atoms with Crippen LogP contribution in [-0.4, -0.2) is 258 Å². The van der Waals surface area contributed by atoms with Gasteiger partial charge in [-0.05, 0) is 143 Å². The van der Waals surface area contributed by atoms with Gasteiger partial charge < -0.3 is 64.7 Å². The van der Waals surface area contributed by atoms with Gasteiger partial charge in [-0.2, -0.15) is 31.8 Å². The first-order valence-corrected chi connectivity index (χ1v) is 42.7. The average Bonchev–Trinajstić information content (AvgIpc) is 1.69. The number of aliphatic hydroxyl groups excluding tert-OH is 1. The fourth-order valence-electron chi connectivity index (χ4n) is 11.1. The Balaban J connectivity index is 0.000000439. The number of halogens is 4. The van der Waals surface area contributed by atoms with Crippen molar-refractivity contribution in [1.29, 1.82) is 0 Å². The molecule has 4 aliphatic rings. The van der Waals surface area contributed by atoms with Crippen LogP contribution in [0.2, 0.25) is 0 Å². The van der Waals surface area contributed by atoms with Gasteiger partial charge in [0.05, 0.1) is 44.8 Å². The van der Waals surface area contributed by atoms with Crippen molar-refractivity contribution >= 4 is 124 Å². The number of aliphatic hydroxyl groups is 1. The molecule has 2 aromatic heterocycles. The Labute approximate surface area is 644 Å². The maximum absolute atomic E-state index is 12.4. The lowest BCUT2D eigenvalue weighted by atomic mass is 9.55. The Morgan fingerprint density at radius 2 is 1.40 bits per heavy atom. The van der Waals surface area contributed by atoms with E-state index in [0.717, 1.165) is 76.1 Å². The number of aromatic nitrogens is 5. The second-order valence-corrected chi connectivity index (χ2v) is 33.7. The summed E-state index contributed by atoms with van der Waals surface area (Å²) in [5.41, 5.74) is 15.6. The number of hydrogen-bond donors (Lipinski definition) is 10. The van der Waals surface area contributed by atoms with Crippen LogP contribution in [0.4, 0.5) is 28.5 Å². The predicted molar refractivity (Wildman–Crippen MR) is 413 cm³/mol. The third kappa shape index (κ3) is 37.0. The van der Waals surface area contributed by atoms with Gasteiger partial charge in [-0.3, -0.25) is 38.4 Å². The van der Waals surface area contributed by atoms with Gasteiger partial charge in [-0.25, -0.2) is 24.1 Å². The van der Waals surface area contributed by atoms with Crippen molar-refractivity contribution in [2.75, 3.05) is 167 Å². The molecule has 0 radical (unpaired) electrons. The number of H-pyrrole nitrogens is 1. The molecule has 1 unspecified atom stereocenters. The zero-order chi connectivity index (χ0) is 80.2. The fourth-order valence-corrected chi connectivity index (χ4v) is 14.9. The zero-order valence-electron chi connectivity index (χ0n) is 62.8. The van der Waals surface area contributed by atoms with E-state index in [1.807, 2.05) is 114 Å². The number of hydrogen-bond acceptors (Lipinski definition) is 25. The van der Waals surface area contributed by atoms with Gasteiger partial charge in [0.2, 0.25) is 17.8 Å². The second-order valence-electron chi connectivity index (χ2n) is 25.7. The molecule has 1 saturated heterocycles. The van der Waals surface area contributed by atoms with E-state index in [2.05, 4.69) is 77.9 Å². The van der Waals surface area contributed by atoms with E-state index < -0.39 is 47.7 Å². The lowest BCUT2D eigenvalue weighted by molar-refractivity contribution is -0.0226. The SMILES string of the molecule is CN(C)/N=N/c1[nH]cnc1C(N)=O.CN(C)c1nc(N(C)C)nc(N(C)C)n1.CNNCc1ccc(C(=O)NC(C)C)cc1.CS(=O)(=O)OCCCCOS(C)(=O)=O.C[C@]12CC[C@@H]3c4ccc(OC(=O)N(CCCl)CCCl)cc4CC[C@H]3[C@@H]1CC[C@@H]2O.O=P(O)(O)O.O=P1(NCCCl)OCCCN1CCCl. The predicted octanol–water partition coefficient (Wildman–Crippen LogP) is 7.04. The molecule has 3 amide bonds. The first-order valence-electron chi connectivity index (χ1n) is 33.8. The van der Waals surface area contributed by atoms with Crippen LogP contribution in [-0.2, 0) is 55.2 Å². The highest BCUT2D eigenvalue weighted by molar-refractivity contribution is 7.86. The number of anilines is 3. The number of amides is 3. The summed E-state index contributed by atoms with van der Waals surface area (Å²) in [6.45, 7) is 10.2. The number of phosphoric acid groups is 1. The summed E-state index contributed by atoms with van der Waals surface area (Å²) in [6.07, 6.45) is 11.0. The quantitative estimate of drug-likeness (QED) is 0.00680. The average molecular weight is 1660 g/mol. The lowest BCUT2D eigenvalue weighted by Crippen LogP contribution is -2.43. The van der Waals surface area contributed by atoms with Crippen LogP contribution in [0.3, 0.4) is 0 Å². The number of carbonyl (C=O) groups is 3. The van der Waals surface area contributed by atoms with E-state index >= 15 is 0 Å². The number of carbonyl (C=O) groups excluding carboxylic acids is 3. The van der Waals surface area contributed by atoms with Gasteiger partial charge in [0.1, 0.15) is 5.75 Å². The molecule has 35 nitrogen and oxygen atoms in total. The number of rotatable bonds is 28. The summed E-state index contributed by atoms with van der Waals surface area (Å²) in [7, 11) is 2.44. The van der Waals surface area contributed by atoms with Crippen LogP contribution in [0.25, 0.3) is 0 Å². The maximum Gasteiger partial charge on any atom is 0.466 e. The number of fused-ring (bicyclic) bond motifs is 5. The minimum atomic E-state index is -4.64. The number of hydrazine groups is 1. The molecule has 6 atom stereocenters. The fraction of sp³-hybridized carbons (Fsp3) is 0.667. The Bertz CT molecular complexity index is 3540. The molecule has 3 aliphatic carbocycles. The van der Waals surface area contributed by atoms with E-state index in [4.69, 9.17) is 80.6 Å². The van der Waals surface area contributed by atoms with Crippen LogP contribution < -0.4 is 46.4 Å². The van der Waals surface area contributed by atoms with Crippen LogP contribution >= 0.6 is 61.9 Å². The van der Waals surface area contributed by atoms with Crippen molar-refractivity contribution in [2.45, 2.75) is 103 Å². The zero-order valence-corrected chi connectivity index (χ0v) is 69.3. The summed E-state index contributed by atoms with van der Waals surface area (Å²) in [5.74, 6) is 5.64. The van der Waals surface area contributed by atoms with Crippen molar-refractivity contribution in [3.63, 3.8) is 0 Å². The third-order valence-electron chi connectivity index (χ3n) is 16.0. The summed E-state index contributed by atoms with van der Waals surface area (Å²) in [5, 5.41) is 25.1. The highest BCUT2D eigenvalue weighted by Crippen LogP contribution is 2.61. The van der Waals surface area contributed by atoms with E-state index in [1.165, 1.54) is 22.5 Å². The summed E-state index contributed by atoms with van der Waals surface area (Å²) < 4.78 is 84.5. The number of aromatic amines is 1. The van der Waals surface area contributed by atoms with Gasteiger partial charge in [0, 0.05) is 131 Å². The molecule has 3 heterocycles. The molecule has 8 rings (SSSR count). The molecule has 0 bridgehead atoms. The first-order chi connectivity index (χ1) is 49.6. The van der Waals surface area contributed by atoms with Gasteiger partial charge in [0.25, 0.3) is 32.1 Å². The minimum Gasteiger partial charge on any atom is -0.410 e. The van der Waals surface area contributed by atoms with Gasteiger partial charge >= 0.3 is 21.6 Å². The van der Waals surface area contributed by atoms with Crippen molar-refractivity contribution in [3.8, 4) is 5.75 Å². The highest BCUT2D eigenvalue weighted by atomic mass is 35.5. The van der Waals surface area contributed by atoms with Crippen molar-refractivity contribution < 1.29 is 77.8 Å². The Hall–Kier alpha value is -5.25. The Morgan fingerprint density at radius 3 is 1.87 bits per heavy atom. The highest BCUT2D eigenvalue weighted by Gasteiger charge is 2.54. The number of aryl methyl sites for hydroxylation is 1. The number of nitrogens with two attached hydrogens (primary N) is 1. The third-order valence-corrected chi connectivity index (χ3v) is 20.2. The number of primary amides is 1. The van der Waals surface area contributed by atoms with E-state index in [-0.39, 0.29) is 48.2 Å². The molecular weight excluding hydrogens is 1550 g/mol. The topological polar surface area (TPSA) is 457 Å².